The highest BCUT2D eigenvalue weighted by Gasteiger charge is 2.20. The van der Waals surface area contributed by atoms with Gasteiger partial charge in [-0.3, -0.25) is 4.40 Å². The van der Waals surface area contributed by atoms with Crippen LogP contribution in [0.4, 0.5) is 0 Å². The summed E-state index contributed by atoms with van der Waals surface area (Å²) >= 11 is 0. The summed E-state index contributed by atoms with van der Waals surface area (Å²) in [5.74, 6) is 1.64. The lowest BCUT2D eigenvalue weighted by Gasteiger charge is -2.21. The molecule has 0 unspecified atom stereocenters. The van der Waals surface area contributed by atoms with Crippen molar-refractivity contribution >= 4 is 5.52 Å². The SMILES string of the molecule is NCc1cccc2cnc(C3CCOCC3)n12. The third-order valence-corrected chi connectivity index (χ3v) is 3.45. The molecule has 2 N–H and O–H groups in total. The quantitative estimate of drug-likeness (QED) is 0.855. The standard InChI is InChI=1S/C13H17N3O/c14-8-11-2-1-3-12-9-15-13(16(11)12)10-4-6-17-7-5-10/h1-3,9-10H,4-8,14H2. The minimum absolute atomic E-state index is 0.499. The van der Waals surface area contributed by atoms with Gasteiger partial charge in [0.2, 0.25) is 0 Å². The fourth-order valence-electron chi connectivity index (χ4n) is 2.55. The fraction of sp³-hybridized carbons (Fsp3) is 0.462. The Bertz CT molecular complexity index is 514. The molecular weight excluding hydrogens is 214 g/mol. The first kappa shape index (κ1) is 10.7. The first-order valence-corrected chi connectivity index (χ1v) is 6.13. The predicted octanol–water partition coefficient (Wildman–Crippen LogP) is 1.69. The molecule has 2 aromatic rings. The predicted molar refractivity (Wildman–Crippen MR) is 65.9 cm³/mol. The second kappa shape index (κ2) is 4.47. The fourth-order valence-corrected chi connectivity index (χ4v) is 2.55. The molecule has 3 heterocycles. The Kier molecular flexibility index (Phi) is 2.82. The average molecular weight is 231 g/mol. The summed E-state index contributed by atoms with van der Waals surface area (Å²) in [4.78, 5) is 4.58. The maximum Gasteiger partial charge on any atom is 0.116 e. The molecule has 2 aromatic heterocycles. The molecule has 0 aliphatic carbocycles. The van der Waals surface area contributed by atoms with E-state index in [0.717, 1.165) is 43.1 Å². The third-order valence-electron chi connectivity index (χ3n) is 3.45. The van der Waals surface area contributed by atoms with Crippen LogP contribution < -0.4 is 5.73 Å². The lowest BCUT2D eigenvalue weighted by Crippen LogP contribution is -2.17. The van der Waals surface area contributed by atoms with E-state index in [4.69, 9.17) is 10.5 Å². The molecule has 1 saturated heterocycles. The minimum Gasteiger partial charge on any atom is -0.381 e. The number of hydrogen-bond acceptors (Lipinski definition) is 3. The van der Waals surface area contributed by atoms with Gasteiger partial charge in [-0.2, -0.15) is 0 Å². The summed E-state index contributed by atoms with van der Waals surface area (Å²) in [6.45, 7) is 2.22. The van der Waals surface area contributed by atoms with Crippen molar-refractivity contribution in [1.82, 2.24) is 9.38 Å². The summed E-state index contributed by atoms with van der Waals surface area (Å²) in [6, 6.07) is 6.18. The molecule has 90 valence electrons. The lowest BCUT2D eigenvalue weighted by molar-refractivity contribution is 0.0834. The molecule has 1 fully saturated rings. The third kappa shape index (κ3) is 1.83. The molecule has 1 aliphatic rings. The van der Waals surface area contributed by atoms with E-state index in [0.29, 0.717) is 12.5 Å². The molecule has 4 nitrogen and oxygen atoms in total. The zero-order chi connectivity index (χ0) is 11.7. The maximum absolute atomic E-state index is 5.80. The number of hydrogen-bond donors (Lipinski definition) is 1. The van der Waals surface area contributed by atoms with Gasteiger partial charge in [0.15, 0.2) is 0 Å². The van der Waals surface area contributed by atoms with Crippen LogP contribution in [0.15, 0.2) is 24.4 Å². The van der Waals surface area contributed by atoms with Crippen LogP contribution in [0, 0.1) is 0 Å². The van der Waals surface area contributed by atoms with Gasteiger partial charge >= 0.3 is 0 Å². The Balaban J connectivity index is 2.09. The summed E-state index contributed by atoms with van der Waals surface area (Å²) in [6.07, 6.45) is 4.04. The highest BCUT2D eigenvalue weighted by Crippen LogP contribution is 2.27. The van der Waals surface area contributed by atoms with E-state index in [1.165, 1.54) is 0 Å². The number of imidazole rings is 1. The van der Waals surface area contributed by atoms with Gasteiger partial charge in [-0.15, -0.1) is 0 Å². The highest BCUT2D eigenvalue weighted by molar-refractivity contribution is 5.48. The maximum atomic E-state index is 5.80. The Morgan fingerprint density at radius 3 is 2.94 bits per heavy atom. The van der Waals surface area contributed by atoms with E-state index < -0.39 is 0 Å². The van der Waals surface area contributed by atoms with Gasteiger partial charge in [0.05, 0.1) is 11.7 Å². The van der Waals surface area contributed by atoms with E-state index in [-0.39, 0.29) is 0 Å². The first-order valence-electron chi connectivity index (χ1n) is 6.13. The van der Waals surface area contributed by atoms with E-state index in [9.17, 15) is 0 Å². The number of ether oxygens (including phenoxy) is 1. The summed E-state index contributed by atoms with van der Waals surface area (Å²) in [5, 5.41) is 0. The number of fused-ring (bicyclic) bond motifs is 1. The number of aromatic nitrogens is 2. The van der Waals surface area contributed by atoms with Crippen molar-refractivity contribution in [3.8, 4) is 0 Å². The topological polar surface area (TPSA) is 52.5 Å². The average Bonchev–Trinajstić information content (AvgIpc) is 2.83. The van der Waals surface area contributed by atoms with Crippen molar-refractivity contribution in [3.63, 3.8) is 0 Å². The summed E-state index contributed by atoms with van der Waals surface area (Å²) in [7, 11) is 0. The van der Waals surface area contributed by atoms with Crippen molar-refractivity contribution < 1.29 is 4.74 Å². The summed E-state index contributed by atoms with van der Waals surface area (Å²) < 4.78 is 7.61. The molecule has 0 bridgehead atoms. The zero-order valence-corrected chi connectivity index (χ0v) is 9.80. The highest BCUT2D eigenvalue weighted by atomic mass is 16.5. The Morgan fingerprint density at radius 2 is 2.18 bits per heavy atom. The first-order chi connectivity index (χ1) is 8.40. The van der Waals surface area contributed by atoms with Crippen LogP contribution in [-0.2, 0) is 11.3 Å². The van der Waals surface area contributed by atoms with Crippen LogP contribution in [0.3, 0.4) is 0 Å². The number of nitrogens with zero attached hydrogens (tertiary/aromatic N) is 2. The molecule has 4 heteroatoms. The van der Waals surface area contributed by atoms with Gasteiger partial charge in [0.1, 0.15) is 5.82 Å². The number of nitrogens with two attached hydrogens (primary N) is 1. The van der Waals surface area contributed by atoms with Gasteiger partial charge in [-0.1, -0.05) is 6.07 Å². The normalized spacial score (nSPS) is 17.7. The van der Waals surface area contributed by atoms with Gasteiger partial charge < -0.3 is 10.5 Å². The molecule has 1 aliphatic heterocycles. The second-order valence-electron chi connectivity index (χ2n) is 4.48. The smallest absolute Gasteiger partial charge is 0.116 e. The molecular formula is C13H17N3O. The van der Waals surface area contributed by atoms with Gasteiger partial charge in [0.25, 0.3) is 0 Å². The molecule has 3 rings (SSSR count). The van der Waals surface area contributed by atoms with Crippen molar-refractivity contribution in [2.75, 3.05) is 13.2 Å². The molecule has 17 heavy (non-hydrogen) atoms. The Hall–Kier alpha value is -1.39. The molecule has 0 spiro atoms. The number of rotatable bonds is 2. The van der Waals surface area contributed by atoms with Gasteiger partial charge in [-0.05, 0) is 25.0 Å². The summed E-state index contributed by atoms with van der Waals surface area (Å²) in [5.41, 5.74) is 8.06. The van der Waals surface area contributed by atoms with Crippen molar-refractivity contribution in [2.24, 2.45) is 5.73 Å². The van der Waals surface area contributed by atoms with E-state index in [1.807, 2.05) is 12.3 Å². The van der Waals surface area contributed by atoms with Gasteiger partial charge in [-0.25, -0.2) is 4.98 Å². The molecule has 0 saturated carbocycles. The van der Waals surface area contributed by atoms with Crippen molar-refractivity contribution in [1.29, 1.82) is 0 Å². The van der Waals surface area contributed by atoms with Crippen LogP contribution in [0.2, 0.25) is 0 Å². The minimum atomic E-state index is 0.499. The second-order valence-corrected chi connectivity index (χ2v) is 4.48. The van der Waals surface area contributed by atoms with Crippen LogP contribution >= 0.6 is 0 Å². The van der Waals surface area contributed by atoms with Gasteiger partial charge in [0, 0.05) is 31.4 Å². The Labute approximate surface area is 100 Å². The molecule has 0 amide bonds. The van der Waals surface area contributed by atoms with E-state index >= 15 is 0 Å². The lowest BCUT2D eigenvalue weighted by atomic mass is 9.99. The Morgan fingerprint density at radius 1 is 1.35 bits per heavy atom. The van der Waals surface area contributed by atoms with Crippen molar-refractivity contribution in [3.05, 3.63) is 35.9 Å². The van der Waals surface area contributed by atoms with E-state index in [1.54, 1.807) is 0 Å². The number of pyridine rings is 1. The van der Waals surface area contributed by atoms with Crippen molar-refractivity contribution in [2.45, 2.75) is 25.3 Å². The van der Waals surface area contributed by atoms with Crippen LogP contribution in [0.1, 0.15) is 30.3 Å². The zero-order valence-electron chi connectivity index (χ0n) is 9.80. The van der Waals surface area contributed by atoms with E-state index in [2.05, 4.69) is 21.5 Å². The monoisotopic (exact) mass is 231 g/mol. The molecule has 0 aromatic carbocycles. The van der Waals surface area contributed by atoms with Crippen LogP contribution in [0.5, 0.6) is 0 Å². The molecule has 0 atom stereocenters. The van der Waals surface area contributed by atoms with Crippen LogP contribution in [0.25, 0.3) is 5.52 Å². The largest absolute Gasteiger partial charge is 0.381 e. The molecule has 0 radical (unpaired) electrons. The van der Waals surface area contributed by atoms with Crippen LogP contribution in [-0.4, -0.2) is 22.6 Å².